The van der Waals surface area contributed by atoms with Gasteiger partial charge in [0.2, 0.25) is 0 Å². The van der Waals surface area contributed by atoms with E-state index in [0.717, 1.165) is 77.0 Å². The molecule has 0 saturated heterocycles. The average molecular weight is 789 g/mol. The first-order valence-electron chi connectivity index (χ1n) is 22.5. The van der Waals surface area contributed by atoms with Gasteiger partial charge < -0.3 is 14.2 Å². The first-order valence-corrected chi connectivity index (χ1v) is 22.5. The first-order chi connectivity index (χ1) is 28.0. The lowest BCUT2D eigenvalue weighted by molar-refractivity contribution is -0.167. The van der Waals surface area contributed by atoms with E-state index in [1.54, 1.807) is 0 Å². The van der Waals surface area contributed by atoms with Gasteiger partial charge in [-0.15, -0.1) is 0 Å². The monoisotopic (exact) mass is 789 g/mol. The summed E-state index contributed by atoms with van der Waals surface area (Å²) in [5.41, 5.74) is 0. The molecule has 0 bridgehead atoms. The second-order valence-electron chi connectivity index (χ2n) is 14.3. The fourth-order valence-electron chi connectivity index (χ4n) is 5.54. The second-order valence-corrected chi connectivity index (χ2v) is 14.3. The van der Waals surface area contributed by atoms with Crippen molar-refractivity contribution in [1.29, 1.82) is 0 Å². The van der Waals surface area contributed by atoms with E-state index in [4.69, 9.17) is 14.2 Å². The minimum Gasteiger partial charge on any atom is -0.462 e. The number of allylic oxidation sites excluding steroid dienone is 18. The van der Waals surface area contributed by atoms with Crippen LogP contribution in [0.1, 0.15) is 175 Å². The molecule has 57 heavy (non-hydrogen) atoms. The van der Waals surface area contributed by atoms with Crippen LogP contribution in [0.15, 0.2) is 109 Å². The third-order valence-electron chi connectivity index (χ3n) is 8.87. The number of unbranched alkanes of at least 4 members (excludes halogenated alkanes) is 13. The van der Waals surface area contributed by atoms with E-state index in [1.165, 1.54) is 44.9 Å². The van der Waals surface area contributed by atoms with Crippen LogP contribution in [0, 0.1) is 0 Å². The van der Waals surface area contributed by atoms with Crippen LogP contribution in [0.5, 0.6) is 0 Å². The van der Waals surface area contributed by atoms with Crippen LogP contribution in [-0.4, -0.2) is 37.2 Å². The molecule has 1 atom stereocenters. The van der Waals surface area contributed by atoms with Crippen molar-refractivity contribution < 1.29 is 28.6 Å². The van der Waals surface area contributed by atoms with E-state index >= 15 is 0 Å². The molecule has 0 rings (SSSR count). The standard InChI is InChI=1S/C51H80O6/c1-4-7-10-13-16-19-22-25-27-29-32-35-38-41-44-50(53)56-47-48(46-55-49(52)43-40-37-34-31-28-24-21-18-15-12-9-6-3)57-51(54)45-42-39-36-33-30-26-23-20-17-14-11-8-5-2/h8-9,11-12,14,17-18,20-21,23,26-31,33,36,48H,4-7,10,13,15-16,19,22,24-25,32,34-35,37-47H2,1-3H3/b11-8-,12-9-,17-14-,21-18-,23-20-,29-27-,30-26-,31-28-,36-33-. The Morgan fingerprint density at radius 1 is 0.386 bits per heavy atom. The summed E-state index contributed by atoms with van der Waals surface area (Å²) in [4.78, 5) is 37.7. The fourth-order valence-corrected chi connectivity index (χ4v) is 5.54. The van der Waals surface area contributed by atoms with Crippen molar-refractivity contribution in [1.82, 2.24) is 0 Å². The van der Waals surface area contributed by atoms with Crippen molar-refractivity contribution in [2.75, 3.05) is 13.2 Å². The topological polar surface area (TPSA) is 78.9 Å². The molecule has 320 valence electrons. The molecule has 0 aromatic carbocycles. The number of carbonyl (C=O) groups is 3. The van der Waals surface area contributed by atoms with Gasteiger partial charge in [0.15, 0.2) is 6.10 Å². The number of esters is 3. The maximum atomic E-state index is 12.7. The van der Waals surface area contributed by atoms with Crippen LogP contribution in [0.4, 0.5) is 0 Å². The summed E-state index contributed by atoms with van der Waals surface area (Å²) in [6, 6.07) is 0. The van der Waals surface area contributed by atoms with E-state index in [2.05, 4.69) is 75.5 Å². The Labute approximate surface area is 349 Å². The lowest BCUT2D eigenvalue weighted by Crippen LogP contribution is -2.30. The maximum Gasteiger partial charge on any atom is 0.306 e. The molecule has 0 spiro atoms. The van der Waals surface area contributed by atoms with Gasteiger partial charge >= 0.3 is 17.9 Å². The third-order valence-corrected chi connectivity index (χ3v) is 8.87. The molecular formula is C51H80O6. The normalized spacial score (nSPS) is 13.1. The Bertz CT molecular complexity index is 1230. The zero-order valence-electron chi connectivity index (χ0n) is 36.3. The molecule has 0 saturated carbocycles. The van der Waals surface area contributed by atoms with E-state index in [1.807, 2.05) is 54.7 Å². The minimum atomic E-state index is -0.836. The largest absolute Gasteiger partial charge is 0.462 e. The predicted octanol–water partition coefficient (Wildman–Crippen LogP) is 14.4. The first kappa shape index (κ1) is 53.1. The molecule has 0 radical (unpaired) electrons. The molecule has 0 N–H and O–H groups in total. The van der Waals surface area contributed by atoms with Crippen molar-refractivity contribution in [2.24, 2.45) is 0 Å². The molecule has 0 aromatic rings. The van der Waals surface area contributed by atoms with Gasteiger partial charge in [0.05, 0.1) is 0 Å². The molecule has 0 amide bonds. The molecule has 1 unspecified atom stereocenters. The van der Waals surface area contributed by atoms with Gasteiger partial charge in [-0.2, -0.15) is 0 Å². The third kappa shape index (κ3) is 43.0. The smallest absolute Gasteiger partial charge is 0.306 e. The van der Waals surface area contributed by atoms with Crippen LogP contribution in [0.25, 0.3) is 0 Å². The van der Waals surface area contributed by atoms with Crippen molar-refractivity contribution in [3.63, 3.8) is 0 Å². The predicted molar refractivity (Wildman–Crippen MR) is 242 cm³/mol. The van der Waals surface area contributed by atoms with Crippen LogP contribution in [0.3, 0.4) is 0 Å². The van der Waals surface area contributed by atoms with Crippen LogP contribution >= 0.6 is 0 Å². The fraction of sp³-hybridized carbons (Fsp3) is 0.588. The molecule has 0 heterocycles. The summed E-state index contributed by atoms with van der Waals surface area (Å²) in [7, 11) is 0. The quantitative estimate of drug-likeness (QED) is 0.0204. The lowest BCUT2D eigenvalue weighted by Gasteiger charge is -2.18. The van der Waals surface area contributed by atoms with E-state index in [-0.39, 0.29) is 38.0 Å². The summed E-state index contributed by atoms with van der Waals surface area (Å²) in [5, 5.41) is 0. The maximum absolute atomic E-state index is 12.7. The van der Waals surface area contributed by atoms with Crippen LogP contribution in [0.2, 0.25) is 0 Å². The highest BCUT2D eigenvalue weighted by atomic mass is 16.6. The molecule has 0 fully saturated rings. The molecule has 0 aliphatic carbocycles. The molecule has 0 aliphatic rings. The summed E-state index contributed by atoms with van der Waals surface area (Å²) in [5.74, 6) is -1.07. The van der Waals surface area contributed by atoms with Crippen LogP contribution < -0.4 is 0 Å². The van der Waals surface area contributed by atoms with Gasteiger partial charge in [0.1, 0.15) is 13.2 Å². The van der Waals surface area contributed by atoms with E-state index in [9.17, 15) is 14.4 Å². The minimum absolute atomic E-state index is 0.129. The van der Waals surface area contributed by atoms with Gasteiger partial charge in [-0.05, 0) is 89.9 Å². The second kappa shape index (κ2) is 44.8. The Morgan fingerprint density at radius 3 is 1.37 bits per heavy atom. The van der Waals surface area contributed by atoms with Crippen molar-refractivity contribution >= 4 is 17.9 Å². The zero-order chi connectivity index (χ0) is 41.5. The Balaban J connectivity index is 4.60. The summed E-state index contributed by atoms with van der Waals surface area (Å²) in [6.45, 7) is 6.22. The molecule has 0 aromatic heterocycles. The van der Waals surface area contributed by atoms with Gasteiger partial charge in [-0.25, -0.2) is 0 Å². The average Bonchev–Trinajstić information content (AvgIpc) is 3.21. The summed E-state index contributed by atoms with van der Waals surface area (Å²) in [6.07, 6.45) is 59.4. The Hall–Kier alpha value is -3.93. The summed E-state index contributed by atoms with van der Waals surface area (Å²) < 4.78 is 16.6. The van der Waals surface area contributed by atoms with Gasteiger partial charge in [-0.1, -0.05) is 175 Å². The van der Waals surface area contributed by atoms with Crippen molar-refractivity contribution in [3.05, 3.63) is 109 Å². The summed E-state index contributed by atoms with van der Waals surface area (Å²) >= 11 is 0. The lowest BCUT2D eigenvalue weighted by atomic mass is 10.1. The number of carbonyl (C=O) groups excluding carboxylic acids is 3. The molecule has 6 nitrogen and oxygen atoms in total. The van der Waals surface area contributed by atoms with Crippen LogP contribution in [-0.2, 0) is 28.6 Å². The highest BCUT2D eigenvalue weighted by Gasteiger charge is 2.19. The number of rotatable bonds is 38. The number of ether oxygens (including phenoxy) is 3. The Morgan fingerprint density at radius 2 is 0.789 bits per heavy atom. The SMILES string of the molecule is CC\C=C/C=C\C=C/C=C\C=C/CCCC(=O)OC(COC(=O)CCCC/C=C\C/C=C\C/C=C\CC)COC(=O)CCCCC/C=C\CCCCCCCCC. The molecular weight excluding hydrogens is 709 g/mol. The zero-order valence-corrected chi connectivity index (χ0v) is 36.3. The van der Waals surface area contributed by atoms with Gasteiger partial charge in [0, 0.05) is 19.3 Å². The number of hydrogen-bond acceptors (Lipinski definition) is 6. The van der Waals surface area contributed by atoms with Gasteiger partial charge in [0.25, 0.3) is 0 Å². The number of hydrogen-bond donors (Lipinski definition) is 0. The van der Waals surface area contributed by atoms with Gasteiger partial charge in [-0.3, -0.25) is 14.4 Å². The van der Waals surface area contributed by atoms with E-state index in [0.29, 0.717) is 19.3 Å². The Kier molecular flexibility index (Phi) is 41.7. The van der Waals surface area contributed by atoms with Crippen molar-refractivity contribution in [3.8, 4) is 0 Å². The highest BCUT2D eigenvalue weighted by molar-refractivity contribution is 5.71. The molecule has 0 aliphatic heterocycles. The molecule has 6 heteroatoms. The van der Waals surface area contributed by atoms with E-state index < -0.39 is 12.1 Å². The van der Waals surface area contributed by atoms with Crippen molar-refractivity contribution in [2.45, 2.75) is 181 Å². The highest BCUT2D eigenvalue weighted by Crippen LogP contribution is 2.11.